The third-order valence-corrected chi connectivity index (χ3v) is 8.48. The molecule has 0 atom stereocenters. The average Bonchev–Trinajstić information content (AvgIpc) is 3.65. The summed E-state index contributed by atoms with van der Waals surface area (Å²) in [5, 5.41) is 2.34. The molecular weight excluding hydrogens is 735 g/mol. The number of benzene rings is 4. The number of anilines is 2. The van der Waals surface area contributed by atoms with Gasteiger partial charge < -0.3 is 19.5 Å². The Labute approximate surface area is 286 Å². The van der Waals surface area contributed by atoms with Crippen LogP contribution in [0.4, 0.5) is 11.4 Å². The van der Waals surface area contributed by atoms with Crippen LogP contribution in [0.25, 0.3) is 21.8 Å². The molecule has 241 valence electrons. The molecule has 2 heterocycles. The Morgan fingerprint density at radius 2 is 1.00 bits per heavy atom. The Balaban J connectivity index is 0.000000240. The molecule has 1 aromatic heterocycles. The molecule has 0 saturated carbocycles. The van der Waals surface area contributed by atoms with Crippen LogP contribution in [0.3, 0.4) is 0 Å². The largest absolute Gasteiger partial charge is 0.657 e. The van der Waals surface area contributed by atoms with Crippen molar-refractivity contribution in [2.45, 2.75) is 79.1 Å². The van der Waals surface area contributed by atoms with Crippen molar-refractivity contribution in [3.63, 3.8) is 0 Å². The molecule has 1 radical (unpaired) electrons. The zero-order chi connectivity index (χ0) is 31.5. The maximum absolute atomic E-state index is 5.21. The number of ether oxygens (including phenoxy) is 1. The summed E-state index contributed by atoms with van der Waals surface area (Å²) in [6, 6.07) is 27.6. The molecule has 0 spiro atoms. The van der Waals surface area contributed by atoms with E-state index in [0.717, 1.165) is 22.2 Å². The molecule has 0 unspecified atom stereocenters. The summed E-state index contributed by atoms with van der Waals surface area (Å²) >= 11 is 0. The van der Waals surface area contributed by atoms with E-state index >= 15 is 0 Å². The maximum atomic E-state index is 5.21. The first-order chi connectivity index (χ1) is 21.1. The van der Waals surface area contributed by atoms with Crippen LogP contribution in [0.2, 0.25) is 0 Å². The van der Waals surface area contributed by atoms with E-state index in [0.29, 0.717) is 23.7 Å². The summed E-state index contributed by atoms with van der Waals surface area (Å²) in [6.07, 6.45) is 4.43. The summed E-state index contributed by atoms with van der Waals surface area (Å²) in [7, 11) is 1.68. The van der Waals surface area contributed by atoms with E-state index in [1.165, 1.54) is 39.0 Å². The Bertz CT molecular complexity index is 1640. The van der Waals surface area contributed by atoms with Gasteiger partial charge in [-0.2, -0.15) is 0 Å². The molecule has 6 rings (SSSR count). The topological polar surface area (TPSA) is 29.8 Å². The van der Waals surface area contributed by atoms with E-state index in [9.17, 15) is 0 Å². The van der Waals surface area contributed by atoms with Gasteiger partial charge in [0, 0.05) is 33.8 Å². The summed E-state index contributed by atoms with van der Waals surface area (Å²) < 4.78 is 5.21. The average molecular weight is 783 g/mol. The second kappa shape index (κ2) is 14.8. The van der Waals surface area contributed by atoms with Gasteiger partial charge in [0.25, 0.3) is 0 Å². The van der Waals surface area contributed by atoms with E-state index in [1.54, 1.807) is 7.11 Å². The number of hydrogen-bond acceptors (Lipinski definition) is 3. The molecule has 1 aliphatic rings. The number of fused-ring (bicyclic) bond motifs is 3. The first kappa shape index (κ1) is 34.4. The van der Waals surface area contributed by atoms with Crippen molar-refractivity contribution in [1.82, 2.24) is 4.98 Å². The monoisotopic (exact) mass is 782 g/mol. The predicted molar refractivity (Wildman–Crippen MR) is 189 cm³/mol. The minimum absolute atomic E-state index is 0. The van der Waals surface area contributed by atoms with Gasteiger partial charge in [-0.1, -0.05) is 122 Å². The van der Waals surface area contributed by atoms with E-state index in [2.05, 4.69) is 132 Å². The van der Waals surface area contributed by atoms with Gasteiger partial charge in [-0.05, 0) is 81.2 Å². The molecule has 0 aliphatic carbocycles. The van der Waals surface area contributed by atoms with Gasteiger partial charge >= 0.3 is 0 Å². The first-order valence-corrected chi connectivity index (χ1v) is 15.9. The van der Waals surface area contributed by atoms with Crippen LogP contribution >= 0.6 is 0 Å². The van der Waals surface area contributed by atoms with Gasteiger partial charge in [-0.3, -0.25) is 0 Å². The molecule has 0 saturated heterocycles. The van der Waals surface area contributed by atoms with Crippen LogP contribution < -0.4 is 19.5 Å². The quantitative estimate of drug-likeness (QED) is 0.121. The number of rotatable bonds is 7. The zero-order valence-corrected chi connectivity index (χ0v) is 30.3. The fourth-order valence-electron chi connectivity index (χ4n) is 6.12. The molecule has 0 N–H and O–H groups in total. The smallest absolute Gasteiger partial charge is 0.119 e. The standard InChI is InChI=1S/C27H37N2.C13H10NO.Au/c1-18(2)22-11-9-12-23(19(3)4)26(22)28-15-16-29(17-28)27-24(20(5)6)13-10-14-25(27)21(7)8;1-15-9-6-7-13-11(8-9)10-4-2-3-5-12(10)14-13;/h9-21H,1-8H3;2-8H,1H3;/q2*-1;. The van der Waals surface area contributed by atoms with Crippen molar-refractivity contribution < 1.29 is 27.1 Å². The summed E-state index contributed by atoms with van der Waals surface area (Å²) in [6.45, 7) is 20.5. The zero-order valence-electron chi connectivity index (χ0n) is 28.1. The Morgan fingerprint density at radius 1 is 0.556 bits per heavy atom. The molecule has 4 nitrogen and oxygen atoms in total. The number of hydrogen-bond donors (Lipinski definition) is 0. The summed E-state index contributed by atoms with van der Waals surface area (Å²) in [4.78, 5) is 9.19. The Hall–Kier alpha value is -3.44. The van der Waals surface area contributed by atoms with E-state index in [4.69, 9.17) is 4.74 Å². The molecule has 0 bridgehead atoms. The second-order valence-electron chi connectivity index (χ2n) is 12.9. The van der Waals surface area contributed by atoms with Crippen molar-refractivity contribution in [2.24, 2.45) is 0 Å². The van der Waals surface area contributed by atoms with Crippen LogP contribution in [0, 0.1) is 6.67 Å². The molecule has 0 amide bonds. The SMILES string of the molecule is CC(C)c1cccc(C(C)C)c1N1C=CN(c2c(C(C)C)cccc2C(C)C)[CH-]1.COc1ccc2[n-]c3ccccc3c2c1.[Au]. The van der Waals surface area contributed by atoms with Crippen LogP contribution in [0.5, 0.6) is 5.75 Å². The van der Waals surface area contributed by atoms with Crippen LogP contribution in [-0.2, 0) is 22.4 Å². The van der Waals surface area contributed by atoms with Crippen LogP contribution in [0.1, 0.15) is 101 Å². The molecule has 4 aromatic carbocycles. The third kappa shape index (κ3) is 7.19. The van der Waals surface area contributed by atoms with Gasteiger partial charge in [-0.25, -0.2) is 0 Å². The molecule has 1 aliphatic heterocycles. The predicted octanol–water partition coefficient (Wildman–Crippen LogP) is 11.1. The molecular formula is C40H47AuN3O-2. The summed E-state index contributed by atoms with van der Waals surface area (Å²) in [5.41, 5.74) is 10.4. The Morgan fingerprint density at radius 3 is 1.44 bits per heavy atom. The van der Waals surface area contributed by atoms with Gasteiger partial charge in [-0.15, -0.1) is 17.7 Å². The van der Waals surface area contributed by atoms with Gasteiger partial charge in [0.1, 0.15) is 5.75 Å². The fourth-order valence-corrected chi connectivity index (χ4v) is 6.12. The van der Waals surface area contributed by atoms with E-state index < -0.39 is 0 Å². The van der Waals surface area contributed by atoms with Crippen molar-refractivity contribution in [3.05, 3.63) is 120 Å². The van der Waals surface area contributed by atoms with Crippen molar-refractivity contribution in [1.29, 1.82) is 0 Å². The van der Waals surface area contributed by atoms with Gasteiger partial charge in [0.2, 0.25) is 0 Å². The van der Waals surface area contributed by atoms with Crippen LogP contribution in [-0.4, -0.2) is 7.11 Å². The molecule has 0 fully saturated rings. The number of methoxy groups -OCH3 is 1. The third-order valence-electron chi connectivity index (χ3n) is 8.48. The molecule has 45 heavy (non-hydrogen) atoms. The number of aromatic nitrogens is 1. The summed E-state index contributed by atoms with van der Waals surface area (Å²) in [5.74, 6) is 2.80. The van der Waals surface area contributed by atoms with Crippen LogP contribution in [0.15, 0.2) is 91.3 Å². The number of nitrogens with zero attached hydrogens (tertiary/aromatic N) is 3. The Kier molecular flexibility index (Phi) is 11.3. The minimum atomic E-state index is 0. The first-order valence-electron chi connectivity index (χ1n) is 15.9. The fraction of sp³-hybridized carbons (Fsp3) is 0.325. The van der Waals surface area contributed by atoms with Gasteiger partial charge in [0.05, 0.1) is 7.11 Å². The molecule has 5 aromatic rings. The van der Waals surface area contributed by atoms with Crippen molar-refractivity contribution >= 4 is 33.2 Å². The van der Waals surface area contributed by atoms with Crippen molar-refractivity contribution in [3.8, 4) is 5.75 Å². The molecule has 5 heteroatoms. The maximum Gasteiger partial charge on any atom is 0.119 e. The van der Waals surface area contributed by atoms with E-state index in [1.807, 2.05) is 36.4 Å². The normalized spacial score (nSPS) is 12.9. The van der Waals surface area contributed by atoms with E-state index in [-0.39, 0.29) is 22.4 Å². The number of para-hydroxylation sites is 3. The second-order valence-corrected chi connectivity index (χ2v) is 12.9. The van der Waals surface area contributed by atoms with Gasteiger partial charge in [0.15, 0.2) is 0 Å². The van der Waals surface area contributed by atoms with Crippen molar-refractivity contribution in [2.75, 3.05) is 16.9 Å². The minimum Gasteiger partial charge on any atom is -0.657 e.